The Morgan fingerprint density at radius 2 is 0.644 bits per heavy atom. The second kappa shape index (κ2) is 18.3. The summed E-state index contributed by atoms with van der Waals surface area (Å²) in [6, 6.07) is 109. The van der Waals surface area contributed by atoms with Crippen molar-refractivity contribution >= 4 is 130 Å². The summed E-state index contributed by atoms with van der Waals surface area (Å²) in [6.07, 6.45) is 0. The fourth-order valence-corrected chi connectivity index (χ4v) is 16.2. The summed E-state index contributed by atoms with van der Waals surface area (Å²) in [6.45, 7) is 4.75. The molecule has 1 aliphatic carbocycles. The topological polar surface area (TPSA) is 23.0 Å². The Bertz CT molecular complexity index is 6350. The van der Waals surface area contributed by atoms with Crippen LogP contribution in [0.25, 0.3) is 186 Å². The van der Waals surface area contributed by atoms with Gasteiger partial charge in [0.1, 0.15) is 11.2 Å². The molecule has 19 aromatic rings. The number of para-hydroxylation sites is 3. The number of benzene rings is 16. The first-order chi connectivity index (χ1) is 44.4. The first kappa shape index (κ1) is 49.6. The van der Waals surface area contributed by atoms with Crippen LogP contribution in [0.2, 0.25) is 0 Å². The second-order valence-electron chi connectivity index (χ2n) is 25.5. The Labute approximate surface area is 518 Å². The molecule has 3 heterocycles. The molecule has 1 aliphatic rings. The highest BCUT2D eigenvalue weighted by Gasteiger charge is 2.36. The lowest BCUT2D eigenvalue weighted by Crippen LogP contribution is -2.14. The molecule has 0 atom stereocenters. The maximum Gasteiger partial charge on any atom is 0.143 e. The molecule has 3 nitrogen and oxygen atoms in total. The van der Waals surface area contributed by atoms with Crippen molar-refractivity contribution in [3.05, 3.63) is 302 Å². The molecule has 16 aromatic carbocycles. The third kappa shape index (κ3) is 6.89. The standard InChI is InChI=1S/C87H54N2O/c1-87(2)79-33-12-9-28-68(79)75-47-76-69-29-10-13-34-81(69)88(83(76)49-80(75)87)56-20-15-18-51(42-56)54-37-40-67-73(45-54)64-27-8-6-25-62(64)66-41-38-55(46-74(66)67)58-31-17-32-71-78-48-77-70-30-11-14-35-82(70)89(84(77)50-85(78)90-86(58)71)57-21-16-19-52(43-57)53-36-39-65-61-24-4-3-22-59(61)60-23-5-7-26-63(60)72(65)44-53/h3-50H,1-2H3. The molecule has 0 bridgehead atoms. The molecule has 0 aliphatic heterocycles. The van der Waals surface area contributed by atoms with Gasteiger partial charge >= 0.3 is 0 Å². The molecule has 0 unspecified atom stereocenters. The lowest BCUT2D eigenvalue weighted by molar-refractivity contribution is 0.661. The Morgan fingerprint density at radius 3 is 1.22 bits per heavy atom. The van der Waals surface area contributed by atoms with E-state index < -0.39 is 0 Å². The lowest BCUT2D eigenvalue weighted by atomic mass is 9.82. The monoisotopic (exact) mass is 1140 g/mol. The van der Waals surface area contributed by atoms with Crippen molar-refractivity contribution < 1.29 is 4.42 Å². The molecule has 418 valence electrons. The van der Waals surface area contributed by atoms with Crippen molar-refractivity contribution in [2.45, 2.75) is 19.3 Å². The summed E-state index contributed by atoms with van der Waals surface area (Å²) < 4.78 is 12.1. The van der Waals surface area contributed by atoms with Gasteiger partial charge in [-0.15, -0.1) is 0 Å². The summed E-state index contributed by atoms with van der Waals surface area (Å²) in [5.41, 5.74) is 21.0. The van der Waals surface area contributed by atoms with Gasteiger partial charge in [-0.05, 0) is 188 Å². The highest BCUT2D eigenvalue weighted by Crippen LogP contribution is 2.52. The zero-order valence-corrected chi connectivity index (χ0v) is 49.5. The van der Waals surface area contributed by atoms with Crippen molar-refractivity contribution in [3.8, 4) is 55.9 Å². The Hall–Kier alpha value is -11.5. The maximum atomic E-state index is 7.18. The molecule has 0 amide bonds. The molecule has 20 rings (SSSR count). The average molecular weight is 1140 g/mol. The van der Waals surface area contributed by atoms with Gasteiger partial charge in [0.05, 0.1) is 22.1 Å². The molecule has 0 spiro atoms. The van der Waals surface area contributed by atoms with Gasteiger partial charge in [0.2, 0.25) is 0 Å². The summed E-state index contributed by atoms with van der Waals surface area (Å²) in [5.74, 6) is 0. The number of fused-ring (bicyclic) bond motifs is 24. The van der Waals surface area contributed by atoms with E-state index in [9.17, 15) is 0 Å². The van der Waals surface area contributed by atoms with E-state index in [1.807, 2.05) is 0 Å². The van der Waals surface area contributed by atoms with Gasteiger partial charge in [-0.25, -0.2) is 0 Å². The molecule has 3 aromatic heterocycles. The van der Waals surface area contributed by atoms with E-state index in [4.69, 9.17) is 4.42 Å². The second-order valence-corrected chi connectivity index (χ2v) is 25.5. The van der Waals surface area contributed by atoms with E-state index >= 15 is 0 Å². The van der Waals surface area contributed by atoms with E-state index in [2.05, 4.69) is 314 Å². The van der Waals surface area contributed by atoms with Crippen LogP contribution < -0.4 is 0 Å². The van der Waals surface area contributed by atoms with Gasteiger partial charge in [0.25, 0.3) is 0 Å². The number of nitrogens with zero attached hydrogens (tertiary/aromatic N) is 2. The molecule has 0 N–H and O–H groups in total. The summed E-state index contributed by atoms with van der Waals surface area (Å²) >= 11 is 0. The van der Waals surface area contributed by atoms with Gasteiger partial charge in [-0.2, -0.15) is 0 Å². The highest BCUT2D eigenvalue weighted by molar-refractivity contribution is 6.28. The first-order valence-electron chi connectivity index (χ1n) is 31.4. The smallest absolute Gasteiger partial charge is 0.143 e. The molecule has 0 saturated carbocycles. The molecule has 3 heteroatoms. The van der Waals surface area contributed by atoms with E-state index in [1.165, 1.54) is 142 Å². The zero-order chi connectivity index (χ0) is 59.1. The predicted octanol–water partition coefficient (Wildman–Crippen LogP) is 24.0. The van der Waals surface area contributed by atoms with Crippen molar-refractivity contribution in [1.82, 2.24) is 9.13 Å². The van der Waals surface area contributed by atoms with Gasteiger partial charge in [-0.1, -0.05) is 226 Å². The number of aromatic nitrogens is 2. The number of hydrogen-bond acceptors (Lipinski definition) is 1. The highest BCUT2D eigenvalue weighted by atomic mass is 16.3. The van der Waals surface area contributed by atoms with Crippen molar-refractivity contribution in [1.29, 1.82) is 0 Å². The van der Waals surface area contributed by atoms with Crippen LogP contribution in [0.5, 0.6) is 0 Å². The zero-order valence-electron chi connectivity index (χ0n) is 49.5. The minimum absolute atomic E-state index is 0.106. The summed E-state index contributed by atoms with van der Waals surface area (Å²) in [5, 5.41) is 22.2. The first-order valence-corrected chi connectivity index (χ1v) is 31.4. The fourth-order valence-electron chi connectivity index (χ4n) is 16.2. The van der Waals surface area contributed by atoms with E-state index in [0.29, 0.717) is 0 Å². The SMILES string of the molecule is CC1(C)c2ccccc2-c2cc3c4ccccc4n(-c4cccc(-c5ccc6c(c5)c5ccccc5c5ccc(-c7cccc8c7oc7cc9c(cc78)c7ccccc7n9-c7cccc(-c8ccc9c%10ccccc%10c%10ccccc%10c9c8)c7)cc56)c4)c3cc21. The predicted molar refractivity (Wildman–Crippen MR) is 381 cm³/mol. The molecular weight excluding hydrogens is 1090 g/mol. The number of furan rings is 1. The van der Waals surface area contributed by atoms with E-state index in [0.717, 1.165) is 55.5 Å². The van der Waals surface area contributed by atoms with Gasteiger partial charge < -0.3 is 13.6 Å². The Morgan fingerprint density at radius 1 is 0.233 bits per heavy atom. The summed E-state index contributed by atoms with van der Waals surface area (Å²) in [7, 11) is 0. The Kier molecular flexibility index (Phi) is 10.1. The van der Waals surface area contributed by atoms with Crippen LogP contribution in [-0.2, 0) is 5.41 Å². The largest absolute Gasteiger partial charge is 0.455 e. The van der Waals surface area contributed by atoms with Crippen LogP contribution in [0.1, 0.15) is 25.0 Å². The average Bonchev–Trinajstić information content (AvgIpc) is 1.55. The number of rotatable bonds is 5. The third-order valence-corrected chi connectivity index (χ3v) is 20.4. The summed E-state index contributed by atoms with van der Waals surface area (Å²) in [4.78, 5) is 0. The van der Waals surface area contributed by atoms with Crippen LogP contribution in [0, 0.1) is 0 Å². The Balaban J connectivity index is 0.702. The van der Waals surface area contributed by atoms with Crippen LogP contribution in [0.4, 0.5) is 0 Å². The van der Waals surface area contributed by atoms with Crippen molar-refractivity contribution in [2.75, 3.05) is 0 Å². The molecule has 0 radical (unpaired) electrons. The van der Waals surface area contributed by atoms with Crippen molar-refractivity contribution in [2.24, 2.45) is 0 Å². The minimum atomic E-state index is -0.106. The quantitative estimate of drug-likeness (QED) is 0.158. The van der Waals surface area contributed by atoms with Gasteiger partial charge in [0.15, 0.2) is 0 Å². The normalized spacial score (nSPS) is 13.1. The van der Waals surface area contributed by atoms with E-state index in [-0.39, 0.29) is 5.41 Å². The minimum Gasteiger partial charge on any atom is -0.455 e. The van der Waals surface area contributed by atoms with Crippen LogP contribution in [0.3, 0.4) is 0 Å². The van der Waals surface area contributed by atoms with Gasteiger partial charge in [0, 0.05) is 60.7 Å². The van der Waals surface area contributed by atoms with Crippen LogP contribution in [0.15, 0.2) is 296 Å². The third-order valence-electron chi connectivity index (χ3n) is 20.4. The molecule has 90 heavy (non-hydrogen) atoms. The van der Waals surface area contributed by atoms with Gasteiger partial charge in [-0.3, -0.25) is 0 Å². The lowest BCUT2D eigenvalue weighted by Gasteiger charge is -2.21. The van der Waals surface area contributed by atoms with Crippen LogP contribution in [-0.4, -0.2) is 9.13 Å². The van der Waals surface area contributed by atoms with E-state index in [1.54, 1.807) is 0 Å². The maximum absolute atomic E-state index is 7.18. The molecule has 0 fully saturated rings. The fraction of sp³-hybridized carbons (Fsp3) is 0.0345. The molecule has 0 saturated heterocycles. The molecular formula is C87H54N2O. The number of hydrogen-bond donors (Lipinski definition) is 0. The van der Waals surface area contributed by atoms with Crippen LogP contribution >= 0.6 is 0 Å². The van der Waals surface area contributed by atoms with Crippen molar-refractivity contribution in [3.63, 3.8) is 0 Å².